The maximum atomic E-state index is 12.8. The number of benzene rings is 1. The van der Waals surface area contributed by atoms with E-state index in [2.05, 4.69) is 5.32 Å². The molecule has 3 nitrogen and oxygen atoms in total. The summed E-state index contributed by atoms with van der Waals surface area (Å²) in [5.41, 5.74) is 0.841. The number of amides is 1. The van der Waals surface area contributed by atoms with Crippen molar-refractivity contribution < 1.29 is 13.6 Å². The molecule has 0 aliphatic heterocycles. The highest BCUT2D eigenvalue weighted by molar-refractivity contribution is 5.91. The molecule has 1 aromatic heterocycles. The van der Waals surface area contributed by atoms with Gasteiger partial charge in [0.1, 0.15) is 11.6 Å². The Labute approximate surface area is 105 Å². The van der Waals surface area contributed by atoms with Crippen LogP contribution >= 0.6 is 0 Å². The summed E-state index contributed by atoms with van der Waals surface area (Å²) in [5, 5.41) is 2.79. The molecule has 0 unspecified atom stereocenters. The molecule has 0 radical (unpaired) electrons. The minimum atomic E-state index is -0.293. The number of furan rings is 1. The first-order valence-corrected chi connectivity index (χ1v) is 5.69. The lowest BCUT2D eigenvalue weighted by Crippen LogP contribution is -2.26. The normalized spacial score (nSPS) is 12.2. The van der Waals surface area contributed by atoms with E-state index < -0.39 is 0 Å². The molecule has 2 aromatic rings. The Morgan fingerprint density at radius 2 is 1.89 bits per heavy atom. The van der Waals surface area contributed by atoms with Crippen molar-refractivity contribution >= 4 is 5.91 Å². The lowest BCUT2D eigenvalue weighted by Gasteiger charge is -2.13. The van der Waals surface area contributed by atoms with Gasteiger partial charge in [0.05, 0.1) is 6.04 Å². The molecule has 1 N–H and O–H groups in total. The molecule has 1 heterocycles. The van der Waals surface area contributed by atoms with Crippen molar-refractivity contribution in [3.63, 3.8) is 0 Å². The van der Waals surface area contributed by atoms with E-state index in [4.69, 9.17) is 4.42 Å². The van der Waals surface area contributed by atoms with Gasteiger partial charge in [0.25, 0.3) is 5.91 Å². The Hall–Kier alpha value is -2.10. The van der Waals surface area contributed by atoms with Gasteiger partial charge in [-0.15, -0.1) is 0 Å². The van der Waals surface area contributed by atoms with E-state index >= 15 is 0 Å². The standard InChI is InChI=1S/C14H14FNO2/c1-9-3-8-13(18-9)14(17)16-10(2)11-4-6-12(15)7-5-11/h3-8,10H,1-2H3,(H,16,17)/t10-/m0/s1. The van der Waals surface area contributed by atoms with Crippen LogP contribution in [0.4, 0.5) is 4.39 Å². The van der Waals surface area contributed by atoms with Crippen molar-refractivity contribution in [1.29, 1.82) is 0 Å². The van der Waals surface area contributed by atoms with E-state index in [-0.39, 0.29) is 23.5 Å². The molecule has 0 bridgehead atoms. The number of hydrogen-bond donors (Lipinski definition) is 1. The average Bonchev–Trinajstić information content (AvgIpc) is 2.76. The van der Waals surface area contributed by atoms with Gasteiger partial charge in [-0.05, 0) is 43.7 Å². The second kappa shape index (κ2) is 5.04. The Balaban J connectivity index is 2.05. The number of carbonyl (C=O) groups is 1. The maximum absolute atomic E-state index is 12.8. The van der Waals surface area contributed by atoms with Crippen LogP contribution < -0.4 is 5.32 Å². The summed E-state index contributed by atoms with van der Waals surface area (Å²) >= 11 is 0. The fourth-order valence-electron chi connectivity index (χ4n) is 1.66. The van der Waals surface area contributed by atoms with E-state index in [0.717, 1.165) is 5.56 Å². The number of aryl methyl sites for hydroxylation is 1. The van der Waals surface area contributed by atoms with Gasteiger partial charge in [0.2, 0.25) is 0 Å². The topological polar surface area (TPSA) is 42.2 Å². The van der Waals surface area contributed by atoms with Crippen LogP contribution in [-0.2, 0) is 0 Å². The molecule has 0 fully saturated rings. The van der Waals surface area contributed by atoms with Gasteiger partial charge in [0.15, 0.2) is 5.76 Å². The smallest absolute Gasteiger partial charge is 0.287 e. The molecule has 1 aromatic carbocycles. The quantitative estimate of drug-likeness (QED) is 0.904. The highest BCUT2D eigenvalue weighted by Crippen LogP contribution is 2.14. The number of hydrogen-bond acceptors (Lipinski definition) is 2. The van der Waals surface area contributed by atoms with Crippen LogP contribution in [0.25, 0.3) is 0 Å². The number of rotatable bonds is 3. The lowest BCUT2D eigenvalue weighted by atomic mass is 10.1. The monoisotopic (exact) mass is 247 g/mol. The molecule has 94 valence electrons. The zero-order valence-electron chi connectivity index (χ0n) is 10.2. The van der Waals surface area contributed by atoms with Crippen LogP contribution in [0.3, 0.4) is 0 Å². The van der Waals surface area contributed by atoms with Crippen LogP contribution in [0.2, 0.25) is 0 Å². The highest BCUT2D eigenvalue weighted by atomic mass is 19.1. The van der Waals surface area contributed by atoms with E-state index in [9.17, 15) is 9.18 Å². The van der Waals surface area contributed by atoms with Crippen LogP contribution in [0.15, 0.2) is 40.8 Å². The van der Waals surface area contributed by atoms with Crippen molar-refractivity contribution in [2.75, 3.05) is 0 Å². The highest BCUT2D eigenvalue weighted by Gasteiger charge is 2.14. The van der Waals surface area contributed by atoms with E-state index in [0.29, 0.717) is 5.76 Å². The number of halogens is 1. The zero-order chi connectivity index (χ0) is 13.1. The van der Waals surface area contributed by atoms with Gasteiger partial charge < -0.3 is 9.73 Å². The molecule has 1 amide bonds. The largest absolute Gasteiger partial charge is 0.456 e. The Morgan fingerprint density at radius 1 is 1.22 bits per heavy atom. The first kappa shape index (κ1) is 12.4. The molecule has 0 spiro atoms. The predicted octanol–water partition coefficient (Wildman–Crippen LogP) is 3.22. The Morgan fingerprint density at radius 3 is 2.44 bits per heavy atom. The van der Waals surface area contributed by atoms with E-state index in [1.165, 1.54) is 12.1 Å². The Bertz CT molecular complexity index is 545. The van der Waals surface area contributed by atoms with Gasteiger partial charge in [-0.2, -0.15) is 0 Å². The molecule has 0 saturated carbocycles. The van der Waals surface area contributed by atoms with Crippen molar-refractivity contribution in [2.45, 2.75) is 19.9 Å². The van der Waals surface area contributed by atoms with Crippen molar-refractivity contribution in [2.24, 2.45) is 0 Å². The summed E-state index contributed by atoms with van der Waals surface area (Å²) < 4.78 is 18.0. The fourth-order valence-corrected chi connectivity index (χ4v) is 1.66. The summed E-state index contributed by atoms with van der Waals surface area (Å²) in [6.07, 6.45) is 0. The second-order valence-corrected chi connectivity index (χ2v) is 4.16. The van der Waals surface area contributed by atoms with Crippen molar-refractivity contribution in [3.05, 3.63) is 59.3 Å². The molecule has 18 heavy (non-hydrogen) atoms. The third-order valence-electron chi connectivity index (χ3n) is 2.68. The molecule has 1 atom stereocenters. The summed E-state index contributed by atoms with van der Waals surface area (Å²) in [6.45, 7) is 3.61. The molecular weight excluding hydrogens is 233 g/mol. The summed E-state index contributed by atoms with van der Waals surface area (Å²) in [7, 11) is 0. The number of carbonyl (C=O) groups excluding carboxylic acids is 1. The SMILES string of the molecule is Cc1ccc(C(=O)N[C@@H](C)c2ccc(F)cc2)o1. The summed E-state index contributed by atoms with van der Waals surface area (Å²) in [5.74, 6) is 0.398. The third-order valence-corrected chi connectivity index (χ3v) is 2.68. The maximum Gasteiger partial charge on any atom is 0.287 e. The first-order valence-electron chi connectivity index (χ1n) is 5.69. The summed E-state index contributed by atoms with van der Waals surface area (Å²) in [4.78, 5) is 11.8. The van der Waals surface area contributed by atoms with E-state index in [1.54, 1.807) is 31.2 Å². The molecule has 0 saturated heterocycles. The predicted molar refractivity (Wildman–Crippen MR) is 65.7 cm³/mol. The molecule has 2 rings (SSSR count). The van der Waals surface area contributed by atoms with Gasteiger partial charge >= 0.3 is 0 Å². The Kier molecular flexibility index (Phi) is 3.46. The van der Waals surface area contributed by atoms with Crippen LogP contribution in [-0.4, -0.2) is 5.91 Å². The molecular formula is C14H14FNO2. The number of nitrogens with one attached hydrogen (secondary N) is 1. The molecule has 0 aliphatic carbocycles. The fraction of sp³-hybridized carbons (Fsp3) is 0.214. The van der Waals surface area contributed by atoms with Gasteiger partial charge in [-0.1, -0.05) is 12.1 Å². The minimum absolute atomic E-state index is 0.205. The van der Waals surface area contributed by atoms with Gasteiger partial charge in [-0.25, -0.2) is 4.39 Å². The minimum Gasteiger partial charge on any atom is -0.456 e. The first-order chi connectivity index (χ1) is 8.56. The van der Waals surface area contributed by atoms with Crippen LogP contribution in [0.1, 0.15) is 34.8 Å². The van der Waals surface area contributed by atoms with E-state index in [1.807, 2.05) is 6.92 Å². The summed E-state index contributed by atoms with van der Waals surface area (Å²) in [6, 6.07) is 9.19. The van der Waals surface area contributed by atoms with Gasteiger partial charge in [0, 0.05) is 0 Å². The van der Waals surface area contributed by atoms with Crippen LogP contribution in [0.5, 0.6) is 0 Å². The average molecular weight is 247 g/mol. The lowest BCUT2D eigenvalue weighted by molar-refractivity contribution is 0.0910. The molecule has 4 heteroatoms. The van der Waals surface area contributed by atoms with Crippen molar-refractivity contribution in [1.82, 2.24) is 5.32 Å². The zero-order valence-corrected chi connectivity index (χ0v) is 10.2. The third kappa shape index (κ3) is 2.77. The van der Waals surface area contributed by atoms with Crippen molar-refractivity contribution in [3.8, 4) is 0 Å². The molecule has 0 aliphatic rings. The second-order valence-electron chi connectivity index (χ2n) is 4.16. The van der Waals surface area contributed by atoms with Gasteiger partial charge in [-0.3, -0.25) is 4.79 Å². The van der Waals surface area contributed by atoms with Crippen LogP contribution in [0, 0.1) is 12.7 Å².